The van der Waals surface area contributed by atoms with Crippen LogP contribution in [0.3, 0.4) is 0 Å². The number of rotatable bonds is 6. The molecule has 4 aromatic rings. The van der Waals surface area contributed by atoms with Crippen molar-refractivity contribution in [1.29, 1.82) is 0 Å². The minimum atomic E-state index is -0.0728. The molecule has 2 heterocycles. The van der Waals surface area contributed by atoms with Crippen LogP contribution in [-0.4, -0.2) is 27.0 Å². The molecule has 0 spiro atoms. The van der Waals surface area contributed by atoms with Crippen LogP contribution in [0.25, 0.3) is 22.2 Å². The lowest BCUT2D eigenvalue weighted by Crippen LogP contribution is -2.25. The SMILES string of the molecule is O=C(NCCCn1ccnc1)c1cc(-c2ccccc2)nc2ccccc12. The molecule has 0 aliphatic carbocycles. The second-order valence-electron chi connectivity index (χ2n) is 6.35. The number of para-hydroxylation sites is 1. The molecule has 0 bridgehead atoms. The molecule has 2 aromatic carbocycles. The van der Waals surface area contributed by atoms with Gasteiger partial charge in [0.2, 0.25) is 0 Å². The number of pyridine rings is 1. The summed E-state index contributed by atoms with van der Waals surface area (Å²) in [5.41, 5.74) is 3.28. The zero-order valence-corrected chi connectivity index (χ0v) is 14.9. The first-order valence-corrected chi connectivity index (χ1v) is 9.00. The number of fused-ring (bicyclic) bond motifs is 1. The van der Waals surface area contributed by atoms with E-state index in [1.165, 1.54) is 0 Å². The number of nitrogens with one attached hydrogen (secondary N) is 1. The number of carbonyl (C=O) groups is 1. The first-order chi connectivity index (χ1) is 13.3. The number of hydrogen-bond donors (Lipinski definition) is 1. The van der Waals surface area contributed by atoms with Crippen molar-refractivity contribution in [3.63, 3.8) is 0 Å². The highest BCUT2D eigenvalue weighted by Crippen LogP contribution is 2.24. The maximum Gasteiger partial charge on any atom is 0.252 e. The average Bonchev–Trinajstić information content (AvgIpc) is 3.24. The third kappa shape index (κ3) is 3.87. The van der Waals surface area contributed by atoms with Gasteiger partial charge in [-0.3, -0.25) is 4.79 Å². The molecule has 134 valence electrons. The molecular weight excluding hydrogens is 336 g/mol. The molecule has 0 unspecified atom stereocenters. The quantitative estimate of drug-likeness (QED) is 0.533. The summed E-state index contributed by atoms with van der Waals surface area (Å²) >= 11 is 0. The van der Waals surface area contributed by atoms with Crippen LogP contribution in [0.1, 0.15) is 16.8 Å². The summed E-state index contributed by atoms with van der Waals surface area (Å²) in [5.74, 6) is -0.0728. The van der Waals surface area contributed by atoms with Gasteiger partial charge < -0.3 is 9.88 Å². The van der Waals surface area contributed by atoms with E-state index < -0.39 is 0 Å². The molecule has 5 nitrogen and oxygen atoms in total. The third-order valence-corrected chi connectivity index (χ3v) is 4.47. The molecule has 0 aliphatic heterocycles. The number of benzene rings is 2. The predicted molar refractivity (Wildman–Crippen MR) is 106 cm³/mol. The summed E-state index contributed by atoms with van der Waals surface area (Å²) in [6.45, 7) is 1.43. The van der Waals surface area contributed by atoms with Gasteiger partial charge in [0.15, 0.2) is 0 Å². The van der Waals surface area contributed by atoms with Gasteiger partial charge in [0.1, 0.15) is 0 Å². The van der Waals surface area contributed by atoms with E-state index in [1.54, 1.807) is 12.5 Å². The number of carbonyl (C=O) groups excluding carboxylic acids is 1. The normalized spacial score (nSPS) is 10.8. The molecule has 0 aliphatic rings. The van der Waals surface area contributed by atoms with E-state index in [9.17, 15) is 4.79 Å². The molecule has 27 heavy (non-hydrogen) atoms. The molecule has 0 radical (unpaired) electrons. The fourth-order valence-corrected chi connectivity index (χ4v) is 3.10. The lowest BCUT2D eigenvalue weighted by Gasteiger charge is -2.11. The van der Waals surface area contributed by atoms with Gasteiger partial charge in [-0.15, -0.1) is 0 Å². The maximum absolute atomic E-state index is 12.8. The summed E-state index contributed by atoms with van der Waals surface area (Å²) in [5, 5.41) is 3.90. The van der Waals surface area contributed by atoms with Crippen LogP contribution in [0.5, 0.6) is 0 Å². The van der Waals surface area contributed by atoms with Gasteiger partial charge in [-0.1, -0.05) is 48.5 Å². The van der Waals surface area contributed by atoms with Crippen LogP contribution in [0, 0.1) is 0 Å². The van der Waals surface area contributed by atoms with E-state index in [4.69, 9.17) is 4.98 Å². The smallest absolute Gasteiger partial charge is 0.252 e. The summed E-state index contributed by atoms with van der Waals surface area (Å²) in [6, 6.07) is 19.6. The van der Waals surface area contributed by atoms with Crippen molar-refractivity contribution in [1.82, 2.24) is 19.9 Å². The zero-order valence-electron chi connectivity index (χ0n) is 14.9. The molecule has 5 heteroatoms. The molecule has 0 fully saturated rings. The van der Waals surface area contributed by atoms with Gasteiger partial charge in [0.05, 0.1) is 23.1 Å². The highest BCUT2D eigenvalue weighted by molar-refractivity contribution is 6.07. The Bertz CT molecular complexity index is 1040. The summed E-state index contributed by atoms with van der Waals surface area (Å²) in [4.78, 5) is 21.6. The van der Waals surface area contributed by atoms with Gasteiger partial charge in [0.25, 0.3) is 5.91 Å². The molecule has 2 aromatic heterocycles. The highest BCUT2D eigenvalue weighted by atomic mass is 16.1. The zero-order chi connectivity index (χ0) is 18.5. The second-order valence-corrected chi connectivity index (χ2v) is 6.35. The van der Waals surface area contributed by atoms with E-state index in [0.29, 0.717) is 12.1 Å². The summed E-state index contributed by atoms with van der Waals surface area (Å²) < 4.78 is 2.00. The van der Waals surface area contributed by atoms with E-state index in [-0.39, 0.29) is 5.91 Å². The lowest BCUT2D eigenvalue weighted by atomic mass is 10.0. The number of aryl methyl sites for hydroxylation is 1. The molecule has 1 amide bonds. The third-order valence-electron chi connectivity index (χ3n) is 4.47. The van der Waals surface area contributed by atoms with Gasteiger partial charge in [-0.2, -0.15) is 0 Å². The largest absolute Gasteiger partial charge is 0.352 e. The number of amides is 1. The number of nitrogens with zero attached hydrogens (tertiary/aromatic N) is 3. The fraction of sp³-hybridized carbons (Fsp3) is 0.136. The molecule has 0 saturated heterocycles. The average molecular weight is 356 g/mol. The summed E-state index contributed by atoms with van der Waals surface area (Å²) in [6.07, 6.45) is 6.30. The van der Waals surface area contributed by atoms with Crippen LogP contribution in [0.2, 0.25) is 0 Å². The van der Waals surface area contributed by atoms with Crippen molar-refractivity contribution in [2.75, 3.05) is 6.54 Å². The van der Waals surface area contributed by atoms with Crippen LogP contribution in [0.4, 0.5) is 0 Å². The molecule has 1 N–H and O–H groups in total. The van der Waals surface area contributed by atoms with Crippen LogP contribution >= 0.6 is 0 Å². The Morgan fingerprint density at radius 1 is 1.04 bits per heavy atom. The van der Waals surface area contributed by atoms with Gasteiger partial charge >= 0.3 is 0 Å². The van der Waals surface area contributed by atoms with E-state index in [1.807, 2.05) is 71.4 Å². The summed E-state index contributed by atoms with van der Waals surface area (Å²) in [7, 11) is 0. The Hall–Kier alpha value is -3.47. The van der Waals surface area contributed by atoms with Crippen molar-refractivity contribution < 1.29 is 4.79 Å². The Kier molecular flexibility index (Phi) is 4.92. The van der Waals surface area contributed by atoms with Crippen LogP contribution in [0.15, 0.2) is 79.4 Å². The van der Waals surface area contributed by atoms with Crippen molar-refractivity contribution >= 4 is 16.8 Å². The van der Waals surface area contributed by atoms with E-state index in [2.05, 4.69) is 10.3 Å². The lowest BCUT2D eigenvalue weighted by molar-refractivity contribution is 0.0954. The minimum Gasteiger partial charge on any atom is -0.352 e. The molecule has 4 rings (SSSR count). The highest BCUT2D eigenvalue weighted by Gasteiger charge is 2.13. The van der Waals surface area contributed by atoms with Crippen molar-refractivity contribution in [2.24, 2.45) is 0 Å². The van der Waals surface area contributed by atoms with Gasteiger partial charge in [-0.05, 0) is 18.6 Å². The molecular formula is C22H20N4O. The Labute approximate surface area is 157 Å². The topological polar surface area (TPSA) is 59.8 Å². The van der Waals surface area contributed by atoms with Crippen molar-refractivity contribution in [3.05, 3.63) is 84.9 Å². The van der Waals surface area contributed by atoms with Crippen LogP contribution in [-0.2, 0) is 6.54 Å². The maximum atomic E-state index is 12.8. The van der Waals surface area contributed by atoms with Crippen LogP contribution < -0.4 is 5.32 Å². The Balaban J connectivity index is 1.56. The first kappa shape index (κ1) is 17.0. The number of hydrogen-bond acceptors (Lipinski definition) is 3. The van der Waals surface area contributed by atoms with Crippen molar-refractivity contribution in [3.8, 4) is 11.3 Å². The van der Waals surface area contributed by atoms with Crippen molar-refractivity contribution in [2.45, 2.75) is 13.0 Å². The minimum absolute atomic E-state index is 0.0728. The first-order valence-electron chi connectivity index (χ1n) is 9.00. The second kappa shape index (κ2) is 7.83. The van der Waals surface area contributed by atoms with Gasteiger partial charge in [-0.25, -0.2) is 9.97 Å². The van der Waals surface area contributed by atoms with E-state index >= 15 is 0 Å². The number of aromatic nitrogens is 3. The Morgan fingerprint density at radius 3 is 2.67 bits per heavy atom. The predicted octanol–water partition coefficient (Wildman–Crippen LogP) is 3.92. The molecule has 0 atom stereocenters. The number of imidazole rings is 1. The standard InChI is InChI=1S/C22H20N4O/c27-22(24-11-6-13-26-14-12-23-16-26)19-15-21(17-7-2-1-3-8-17)25-20-10-5-4-9-18(19)20/h1-5,7-10,12,14-16H,6,11,13H2,(H,24,27). The van der Waals surface area contributed by atoms with E-state index in [0.717, 1.165) is 35.1 Å². The fourth-order valence-electron chi connectivity index (χ4n) is 3.10. The Morgan fingerprint density at radius 2 is 1.85 bits per heavy atom. The van der Waals surface area contributed by atoms with Gasteiger partial charge in [0, 0.05) is 36.4 Å². The molecule has 0 saturated carbocycles. The monoisotopic (exact) mass is 356 g/mol.